The van der Waals surface area contributed by atoms with Gasteiger partial charge < -0.3 is 10.6 Å². The largest absolute Gasteiger partial charge is 0.354 e. The summed E-state index contributed by atoms with van der Waals surface area (Å²) >= 11 is 0. The smallest absolute Gasteiger partial charge is 0.223 e. The van der Waals surface area contributed by atoms with Crippen molar-refractivity contribution in [3.8, 4) is 0 Å². The number of benzene rings is 1. The molecule has 2 saturated heterocycles. The number of likely N-dealkylation sites (tertiary alicyclic amines) is 1. The topological polar surface area (TPSA) is 44.4 Å². The summed E-state index contributed by atoms with van der Waals surface area (Å²) < 4.78 is 0. The van der Waals surface area contributed by atoms with E-state index in [1.807, 2.05) is 0 Å². The van der Waals surface area contributed by atoms with Gasteiger partial charge in [-0.25, -0.2) is 0 Å². The van der Waals surface area contributed by atoms with Crippen LogP contribution in [0, 0.1) is 11.8 Å². The summed E-state index contributed by atoms with van der Waals surface area (Å²) in [5, 5.41) is 6.46. The Balaban J connectivity index is 0.00000156. The summed E-state index contributed by atoms with van der Waals surface area (Å²) in [6.45, 7) is 6.94. The van der Waals surface area contributed by atoms with Crippen molar-refractivity contribution < 1.29 is 4.79 Å². The van der Waals surface area contributed by atoms with Gasteiger partial charge in [0.05, 0.1) is 0 Å². The molecule has 3 rings (SSSR count). The number of halogens is 2. The maximum absolute atomic E-state index is 12.3. The lowest BCUT2D eigenvalue weighted by Crippen LogP contribution is -2.52. The van der Waals surface area contributed by atoms with E-state index in [0.29, 0.717) is 12.0 Å². The summed E-state index contributed by atoms with van der Waals surface area (Å²) in [4.78, 5) is 14.9. The third kappa shape index (κ3) is 6.14. The van der Waals surface area contributed by atoms with E-state index in [-0.39, 0.29) is 36.6 Å². The number of piperidine rings is 1. The van der Waals surface area contributed by atoms with Crippen molar-refractivity contribution in [1.29, 1.82) is 0 Å². The lowest BCUT2D eigenvalue weighted by atomic mass is 9.88. The van der Waals surface area contributed by atoms with Crippen molar-refractivity contribution in [2.24, 2.45) is 11.8 Å². The molecular formula is C19H31Cl2N3O. The molecule has 0 radical (unpaired) electrons. The molecule has 2 N–H and O–H groups in total. The van der Waals surface area contributed by atoms with Gasteiger partial charge >= 0.3 is 0 Å². The molecule has 0 aromatic heterocycles. The van der Waals surface area contributed by atoms with Gasteiger partial charge in [-0.1, -0.05) is 43.7 Å². The lowest BCUT2D eigenvalue weighted by molar-refractivity contribution is -0.127. The van der Waals surface area contributed by atoms with Crippen LogP contribution in [-0.2, 0) is 11.3 Å². The lowest BCUT2D eigenvalue weighted by Gasteiger charge is -2.37. The maximum atomic E-state index is 12.3. The summed E-state index contributed by atoms with van der Waals surface area (Å²) in [5.41, 5.74) is 1.36. The third-order valence-electron chi connectivity index (χ3n) is 5.42. The molecule has 6 heteroatoms. The molecule has 2 unspecified atom stereocenters. The predicted molar refractivity (Wildman–Crippen MR) is 108 cm³/mol. The molecule has 142 valence electrons. The minimum absolute atomic E-state index is 0. The molecule has 0 saturated carbocycles. The van der Waals surface area contributed by atoms with Gasteiger partial charge in [-0.15, -0.1) is 24.8 Å². The highest BCUT2D eigenvalue weighted by molar-refractivity contribution is 5.85. The fourth-order valence-corrected chi connectivity index (χ4v) is 3.58. The number of amides is 1. The molecule has 2 aliphatic rings. The highest BCUT2D eigenvalue weighted by atomic mass is 35.5. The van der Waals surface area contributed by atoms with Crippen LogP contribution in [-0.4, -0.2) is 43.0 Å². The Morgan fingerprint density at radius 2 is 1.96 bits per heavy atom. The van der Waals surface area contributed by atoms with E-state index in [2.05, 4.69) is 52.8 Å². The van der Waals surface area contributed by atoms with E-state index in [9.17, 15) is 4.79 Å². The fourth-order valence-electron chi connectivity index (χ4n) is 3.58. The molecule has 25 heavy (non-hydrogen) atoms. The number of nitrogens with zero attached hydrogens (tertiary/aromatic N) is 1. The Morgan fingerprint density at radius 3 is 2.60 bits per heavy atom. The molecule has 1 aromatic carbocycles. The van der Waals surface area contributed by atoms with E-state index >= 15 is 0 Å². The van der Waals surface area contributed by atoms with Crippen molar-refractivity contribution in [2.75, 3.05) is 26.2 Å². The first-order valence-corrected chi connectivity index (χ1v) is 9.00. The SMILES string of the molecule is CC(C(=O)NCC1CCCCN1Cc1ccccc1)C1CNC1.Cl.Cl. The van der Waals surface area contributed by atoms with Crippen LogP contribution in [0.4, 0.5) is 0 Å². The van der Waals surface area contributed by atoms with Gasteiger partial charge in [-0.2, -0.15) is 0 Å². The van der Waals surface area contributed by atoms with Gasteiger partial charge in [0, 0.05) is 25.0 Å². The molecule has 2 fully saturated rings. The fraction of sp³-hybridized carbons (Fsp3) is 0.632. The van der Waals surface area contributed by atoms with Crippen LogP contribution in [0.5, 0.6) is 0 Å². The number of nitrogens with one attached hydrogen (secondary N) is 2. The molecule has 4 nitrogen and oxygen atoms in total. The normalized spacial score (nSPS) is 22.0. The molecule has 1 aromatic rings. The molecule has 2 aliphatic heterocycles. The zero-order chi connectivity index (χ0) is 16.1. The molecule has 2 atom stereocenters. The molecule has 2 heterocycles. The maximum Gasteiger partial charge on any atom is 0.223 e. The predicted octanol–water partition coefficient (Wildman–Crippen LogP) is 2.86. The standard InChI is InChI=1S/C19H29N3O.2ClH/c1-15(17-11-20-12-17)19(23)21-13-18-9-5-6-10-22(18)14-16-7-3-2-4-8-16;;/h2-4,7-8,15,17-18,20H,5-6,9-14H2,1H3,(H,21,23);2*1H. The number of rotatable bonds is 6. The average Bonchev–Trinajstić information content (AvgIpc) is 2.53. The molecule has 0 aliphatic carbocycles. The van der Waals surface area contributed by atoms with Gasteiger partial charge in [0.15, 0.2) is 0 Å². The highest BCUT2D eigenvalue weighted by Gasteiger charge is 2.29. The Kier molecular flexibility index (Phi) is 9.80. The first-order chi connectivity index (χ1) is 11.2. The Morgan fingerprint density at radius 1 is 1.24 bits per heavy atom. The number of hydrogen-bond donors (Lipinski definition) is 2. The Labute approximate surface area is 163 Å². The molecule has 0 spiro atoms. The minimum atomic E-state index is 0. The van der Waals surface area contributed by atoms with Crippen molar-refractivity contribution in [2.45, 2.75) is 38.8 Å². The van der Waals surface area contributed by atoms with E-state index in [1.165, 1.54) is 24.8 Å². The van der Waals surface area contributed by atoms with Crippen LogP contribution in [0.2, 0.25) is 0 Å². The van der Waals surface area contributed by atoms with Gasteiger partial charge in [0.2, 0.25) is 5.91 Å². The van der Waals surface area contributed by atoms with E-state index in [1.54, 1.807) is 0 Å². The van der Waals surface area contributed by atoms with Crippen LogP contribution < -0.4 is 10.6 Å². The van der Waals surface area contributed by atoms with Crippen LogP contribution in [0.25, 0.3) is 0 Å². The molecular weight excluding hydrogens is 357 g/mol. The summed E-state index contributed by atoms with van der Waals surface area (Å²) in [7, 11) is 0. The highest BCUT2D eigenvalue weighted by Crippen LogP contribution is 2.20. The number of hydrogen-bond acceptors (Lipinski definition) is 3. The van der Waals surface area contributed by atoms with Crippen LogP contribution >= 0.6 is 24.8 Å². The zero-order valence-corrected chi connectivity index (χ0v) is 16.6. The number of carbonyl (C=O) groups excluding carboxylic acids is 1. The Hall–Kier alpha value is -0.810. The van der Waals surface area contributed by atoms with Gasteiger partial charge in [-0.3, -0.25) is 9.69 Å². The molecule has 1 amide bonds. The summed E-state index contributed by atoms with van der Waals surface area (Å²) in [5.74, 6) is 0.867. The second kappa shape index (κ2) is 11.0. The van der Waals surface area contributed by atoms with Gasteiger partial charge in [0.25, 0.3) is 0 Å². The minimum Gasteiger partial charge on any atom is -0.354 e. The van der Waals surface area contributed by atoms with Gasteiger partial charge in [0.1, 0.15) is 0 Å². The van der Waals surface area contributed by atoms with E-state index in [4.69, 9.17) is 0 Å². The summed E-state index contributed by atoms with van der Waals surface area (Å²) in [6.07, 6.45) is 3.72. The van der Waals surface area contributed by atoms with Crippen LogP contribution in [0.3, 0.4) is 0 Å². The second-order valence-corrected chi connectivity index (χ2v) is 7.06. The van der Waals surface area contributed by atoms with Crippen LogP contribution in [0.1, 0.15) is 31.7 Å². The first-order valence-electron chi connectivity index (χ1n) is 9.00. The monoisotopic (exact) mass is 387 g/mol. The van der Waals surface area contributed by atoms with Crippen molar-refractivity contribution in [3.05, 3.63) is 35.9 Å². The zero-order valence-electron chi connectivity index (χ0n) is 14.9. The first kappa shape index (κ1) is 22.2. The summed E-state index contributed by atoms with van der Waals surface area (Å²) in [6, 6.07) is 11.1. The van der Waals surface area contributed by atoms with Crippen LogP contribution in [0.15, 0.2) is 30.3 Å². The third-order valence-corrected chi connectivity index (χ3v) is 5.42. The Bertz CT molecular complexity index is 511. The van der Waals surface area contributed by atoms with E-state index in [0.717, 1.165) is 32.7 Å². The average molecular weight is 388 g/mol. The van der Waals surface area contributed by atoms with E-state index < -0.39 is 0 Å². The van der Waals surface area contributed by atoms with Crippen molar-refractivity contribution in [3.63, 3.8) is 0 Å². The van der Waals surface area contributed by atoms with Crippen molar-refractivity contribution >= 4 is 30.7 Å². The van der Waals surface area contributed by atoms with Crippen molar-refractivity contribution in [1.82, 2.24) is 15.5 Å². The quantitative estimate of drug-likeness (QED) is 0.788. The van der Waals surface area contributed by atoms with Gasteiger partial charge in [-0.05, 0) is 44.0 Å². The number of carbonyl (C=O) groups is 1. The molecule has 0 bridgehead atoms. The second-order valence-electron chi connectivity index (χ2n) is 7.06.